The summed E-state index contributed by atoms with van der Waals surface area (Å²) >= 11 is 0. The lowest BCUT2D eigenvalue weighted by atomic mass is 9.95. The molecule has 0 aliphatic carbocycles. The first-order valence-corrected chi connectivity index (χ1v) is 15.1. The summed E-state index contributed by atoms with van der Waals surface area (Å²) in [5, 5.41) is 12.5. The number of amides is 2. The number of benzene rings is 1. The van der Waals surface area contributed by atoms with Crippen LogP contribution < -0.4 is 15.1 Å². The van der Waals surface area contributed by atoms with Gasteiger partial charge in [-0.15, -0.1) is 0 Å². The third kappa shape index (κ3) is 7.15. The molecule has 14 heteroatoms. The molecule has 0 saturated heterocycles. The number of halogens is 3. The van der Waals surface area contributed by atoms with Crippen LogP contribution in [0.3, 0.4) is 0 Å². The van der Waals surface area contributed by atoms with E-state index in [9.17, 15) is 14.9 Å². The largest absolute Gasteiger partial charge is 0.444 e. The number of pyridine rings is 2. The van der Waals surface area contributed by atoms with E-state index < -0.39 is 47.6 Å². The summed E-state index contributed by atoms with van der Waals surface area (Å²) < 4.78 is 57.7. The number of anilines is 2. The second-order valence-corrected chi connectivity index (χ2v) is 13.5. The van der Waals surface area contributed by atoms with Crippen molar-refractivity contribution in [2.45, 2.75) is 58.7 Å². The summed E-state index contributed by atoms with van der Waals surface area (Å²) in [4.78, 5) is 39.5. The number of nitrogens with zero attached hydrogens (tertiary/aromatic N) is 5. The minimum absolute atomic E-state index is 0.144. The van der Waals surface area contributed by atoms with Crippen molar-refractivity contribution in [3.05, 3.63) is 60.4 Å². The van der Waals surface area contributed by atoms with Crippen molar-refractivity contribution in [1.29, 1.82) is 5.26 Å². The van der Waals surface area contributed by atoms with Crippen LogP contribution >= 0.6 is 0 Å². The Bertz CT molecular complexity index is 1970. The SMILES string of the molecule is CN(C(=O)OC(C)(C)C)c1cc(F)cc2c1[nH]c1ncc(-c3cncc(C#N)c3)c(N3C=CC(CNC(=O)OC(C)(C)C)C(F)(F)C3)c12. The van der Waals surface area contributed by atoms with Gasteiger partial charge >= 0.3 is 12.2 Å². The first-order chi connectivity index (χ1) is 22.4. The molecule has 252 valence electrons. The van der Waals surface area contributed by atoms with E-state index in [-0.39, 0.29) is 34.5 Å². The molecule has 0 saturated carbocycles. The number of nitrogens with one attached hydrogen (secondary N) is 2. The summed E-state index contributed by atoms with van der Waals surface area (Å²) in [5.41, 5.74) is 0.334. The summed E-state index contributed by atoms with van der Waals surface area (Å²) in [6.45, 7) is 8.94. The molecule has 5 rings (SSSR count). The highest BCUT2D eigenvalue weighted by Crippen LogP contribution is 2.45. The molecular weight excluding hydrogens is 627 g/mol. The maximum Gasteiger partial charge on any atom is 0.414 e. The molecule has 2 N–H and O–H groups in total. The molecule has 3 aromatic heterocycles. The van der Waals surface area contributed by atoms with Gasteiger partial charge < -0.3 is 24.7 Å². The Balaban J connectivity index is 1.67. The van der Waals surface area contributed by atoms with Crippen LogP contribution in [-0.2, 0) is 9.47 Å². The van der Waals surface area contributed by atoms with Crippen molar-refractivity contribution >= 4 is 45.5 Å². The fourth-order valence-corrected chi connectivity index (χ4v) is 5.37. The molecule has 4 aromatic rings. The van der Waals surface area contributed by atoms with Gasteiger partial charge in [0, 0.05) is 54.9 Å². The Hall–Kier alpha value is -5.32. The number of nitriles is 1. The number of hydrogen-bond donors (Lipinski definition) is 2. The second kappa shape index (κ2) is 12.4. The number of rotatable bonds is 5. The van der Waals surface area contributed by atoms with Crippen molar-refractivity contribution in [2.75, 3.05) is 29.9 Å². The number of aromatic amines is 1. The first kappa shape index (κ1) is 34.0. The number of alkyl carbamates (subject to hydrolysis) is 1. The number of H-pyrrole nitrogens is 1. The summed E-state index contributed by atoms with van der Waals surface area (Å²) in [6, 6.07) is 5.98. The predicted octanol–water partition coefficient (Wildman–Crippen LogP) is 7.27. The zero-order chi connectivity index (χ0) is 35.2. The topological polar surface area (TPSA) is 136 Å². The van der Waals surface area contributed by atoms with Gasteiger partial charge in [0.1, 0.15) is 28.7 Å². The fraction of sp³-hybridized carbons (Fsp3) is 0.382. The molecule has 1 aliphatic rings. The van der Waals surface area contributed by atoms with Gasteiger partial charge in [-0.1, -0.05) is 6.08 Å². The Labute approximate surface area is 275 Å². The monoisotopic (exact) mass is 663 g/mol. The van der Waals surface area contributed by atoms with E-state index in [1.807, 2.05) is 6.07 Å². The van der Waals surface area contributed by atoms with Gasteiger partial charge in [0.05, 0.1) is 40.3 Å². The molecular formula is C34H36F3N7O4. The number of alkyl halides is 2. The van der Waals surface area contributed by atoms with Gasteiger partial charge in [-0.3, -0.25) is 9.88 Å². The molecule has 1 atom stereocenters. The molecule has 1 aliphatic heterocycles. The van der Waals surface area contributed by atoms with Crippen LogP contribution in [0.5, 0.6) is 0 Å². The Morgan fingerprint density at radius 1 is 1.12 bits per heavy atom. The Morgan fingerprint density at radius 2 is 1.83 bits per heavy atom. The van der Waals surface area contributed by atoms with Crippen LogP contribution in [0.4, 0.5) is 34.1 Å². The van der Waals surface area contributed by atoms with Gasteiger partial charge in [-0.05, 0) is 59.7 Å². The van der Waals surface area contributed by atoms with E-state index in [2.05, 4.69) is 20.3 Å². The highest BCUT2D eigenvalue weighted by atomic mass is 19.3. The fourth-order valence-electron chi connectivity index (χ4n) is 5.37. The molecule has 4 heterocycles. The highest BCUT2D eigenvalue weighted by Gasteiger charge is 2.43. The van der Waals surface area contributed by atoms with E-state index in [0.29, 0.717) is 22.0 Å². The van der Waals surface area contributed by atoms with E-state index in [1.54, 1.807) is 47.6 Å². The van der Waals surface area contributed by atoms with Crippen LogP contribution in [0.15, 0.2) is 49.1 Å². The van der Waals surface area contributed by atoms with Gasteiger partial charge in [-0.25, -0.2) is 27.7 Å². The molecule has 1 aromatic carbocycles. The van der Waals surface area contributed by atoms with E-state index in [4.69, 9.17) is 9.47 Å². The number of carbonyl (C=O) groups is 2. The van der Waals surface area contributed by atoms with E-state index >= 15 is 13.2 Å². The summed E-state index contributed by atoms with van der Waals surface area (Å²) in [7, 11) is 1.44. The van der Waals surface area contributed by atoms with Crippen molar-refractivity contribution in [3.63, 3.8) is 0 Å². The third-order valence-electron chi connectivity index (χ3n) is 7.43. The van der Waals surface area contributed by atoms with Crippen molar-refractivity contribution in [3.8, 4) is 17.2 Å². The third-order valence-corrected chi connectivity index (χ3v) is 7.43. The molecule has 0 radical (unpaired) electrons. The van der Waals surface area contributed by atoms with E-state index in [0.717, 1.165) is 4.90 Å². The first-order valence-electron chi connectivity index (χ1n) is 15.1. The summed E-state index contributed by atoms with van der Waals surface area (Å²) in [6.07, 6.45) is 5.52. The second-order valence-electron chi connectivity index (χ2n) is 13.5. The predicted molar refractivity (Wildman–Crippen MR) is 175 cm³/mol. The molecule has 11 nitrogen and oxygen atoms in total. The van der Waals surface area contributed by atoms with Crippen molar-refractivity contribution in [2.24, 2.45) is 5.92 Å². The van der Waals surface area contributed by atoms with Crippen LogP contribution in [0.25, 0.3) is 33.1 Å². The quantitative estimate of drug-likeness (QED) is 0.228. The minimum Gasteiger partial charge on any atom is -0.444 e. The molecule has 1 unspecified atom stereocenters. The molecule has 48 heavy (non-hydrogen) atoms. The molecule has 0 bridgehead atoms. The number of ether oxygens (including phenoxy) is 2. The average molecular weight is 664 g/mol. The van der Waals surface area contributed by atoms with Gasteiger partial charge in [0.25, 0.3) is 5.92 Å². The minimum atomic E-state index is -3.34. The van der Waals surface area contributed by atoms with Crippen LogP contribution in [0, 0.1) is 23.1 Å². The standard InChI is InChI=1S/C34H36F3N7O4/c1-32(2,3)47-30(45)41-16-21-8-9-44(18-34(21,36)37)28-24(20-10-19(13-38)14-39-15-20)17-40-29-26(28)23-11-22(35)12-25(27(23)42-29)43(7)31(46)48-33(4,5)6/h8-12,14-15,17,21H,16,18H2,1-7H3,(H,40,42)(H,41,45). The average Bonchev–Trinajstić information content (AvgIpc) is 3.35. The lowest BCUT2D eigenvalue weighted by Crippen LogP contribution is -2.48. The van der Waals surface area contributed by atoms with E-state index in [1.165, 1.54) is 54.9 Å². The molecule has 0 spiro atoms. The maximum atomic E-state index is 15.9. The lowest BCUT2D eigenvalue weighted by Gasteiger charge is -2.36. The van der Waals surface area contributed by atoms with Gasteiger partial charge in [0.15, 0.2) is 0 Å². The number of hydrogen-bond acceptors (Lipinski definition) is 8. The normalized spacial score (nSPS) is 16.1. The maximum absolute atomic E-state index is 15.9. The van der Waals surface area contributed by atoms with Gasteiger partial charge in [0.2, 0.25) is 0 Å². The lowest BCUT2D eigenvalue weighted by molar-refractivity contribution is -0.0346. The zero-order valence-electron chi connectivity index (χ0n) is 27.6. The van der Waals surface area contributed by atoms with Crippen LogP contribution in [-0.4, -0.2) is 64.4 Å². The number of carbonyl (C=O) groups excluding carboxylic acids is 2. The summed E-state index contributed by atoms with van der Waals surface area (Å²) in [5.74, 6) is -5.39. The van der Waals surface area contributed by atoms with Crippen LogP contribution in [0.2, 0.25) is 0 Å². The van der Waals surface area contributed by atoms with Crippen molar-refractivity contribution < 1.29 is 32.2 Å². The zero-order valence-corrected chi connectivity index (χ0v) is 27.6. The van der Waals surface area contributed by atoms with Crippen molar-refractivity contribution in [1.82, 2.24) is 20.3 Å². The molecule has 2 amide bonds. The Morgan fingerprint density at radius 3 is 2.48 bits per heavy atom. The van der Waals surface area contributed by atoms with Crippen LogP contribution in [0.1, 0.15) is 47.1 Å². The van der Waals surface area contributed by atoms with Gasteiger partial charge in [-0.2, -0.15) is 5.26 Å². The smallest absolute Gasteiger partial charge is 0.414 e. The number of aromatic nitrogens is 3. The molecule has 0 fully saturated rings. The highest BCUT2D eigenvalue weighted by molar-refractivity contribution is 6.19. The number of fused-ring (bicyclic) bond motifs is 3. The Kier molecular flexibility index (Phi) is 8.77.